The SMILES string of the molecule is Cc1ccnc(NC(=O)c2ccc(-c3nn([C@@H]4CCN(C#N)C4)c4ncnc(N)c34)cc2)c1. The molecule has 3 N–H and O–H groups in total. The van der Waals surface area contributed by atoms with Crippen LogP contribution in [0.3, 0.4) is 0 Å². The van der Waals surface area contributed by atoms with Crippen molar-refractivity contribution >= 4 is 28.6 Å². The molecule has 5 rings (SSSR count). The number of nitrogens with zero attached hydrogens (tertiary/aromatic N) is 7. The van der Waals surface area contributed by atoms with Gasteiger partial charge in [-0.2, -0.15) is 10.4 Å². The molecule has 1 fully saturated rings. The van der Waals surface area contributed by atoms with Gasteiger partial charge in [-0.1, -0.05) is 12.1 Å². The number of hydrogen-bond acceptors (Lipinski definition) is 8. The molecule has 0 bridgehead atoms. The van der Waals surface area contributed by atoms with Crippen LogP contribution in [0, 0.1) is 18.4 Å². The second-order valence-corrected chi connectivity index (χ2v) is 7.99. The number of amides is 1. The van der Waals surface area contributed by atoms with E-state index in [9.17, 15) is 10.1 Å². The van der Waals surface area contributed by atoms with Crippen LogP contribution >= 0.6 is 0 Å². The van der Waals surface area contributed by atoms with Crippen molar-refractivity contribution < 1.29 is 4.79 Å². The summed E-state index contributed by atoms with van der Waals surface area (Å²) in [6.07, 6.45) is 6.06. The molecule has 164 valence electrons. The van der Waals surface area contributed by atoms with Gasteiger partial charge in [0.25, 0.3) is 5.91 Å². The summed E-state index contributed by atoms with van der Waals surface area (Å²) in [6, 6.07) is 10.8. The van der Waals surface area contributed by atoms with E-state index in [0.717, 1.165) is 17.5 Å². The summed E-state index contributed by atoms with van der Waals surface area (Å²) < 4.78 is 1.84. The number of carbonyl (C=O) groups is 1. The van der Waals surface area contributed by atoms with E-state index in [1.807, 2.05) is 35.9 Å². The standard InChI is InChI=1S/C23H21N9O/c1-14-6-8-26-18(10-14)29-23(33)16-4-2-15(3-5-16)20-19-21(25)27-13-28-22(19)32(30-20)17-7-9-31(11-17)12-24/h2-6,8,10,13,17H,7,9,11H2,1H3,(H2,25,27,28)(H,26,29,33)/t17-/m1/s1. The van der Waals surface area contributed by atoms with Crippen LogP contribution < -0.4 is 11.1 Å². The normalized spacial score (nSPS) is 15.5. The number of nitrogens with one attached hydrogen (secondary N) is 1. The lowest BCUT2D eigenvalue weighted by Crippen LogP contribution is -2.17. The maximum Gasteiger partial charge on any atom is 0.256 e. The minimum Gasteiger partial charge on any atom is -0.383 e. The predicted octanol–water partition coefficient (Wildman–Crippen LogP) is 2.76. The second-order valence-electron chi connectivity index (χ2n) is 7.99. The van der Waals surface area contributed by atoms with Crippen LogP contribution in [0.5, 0.6) is 0 Å². The molecule has 1 aromatic carbocycles. The highest BCUT2D eigenvalue weighted by Crippen LogP contribution is 2.33. The first-order valence-corrected chi connectivity index (χ1v) is 10.5. The smallest absolute Gasteiger partial charge is 0.256 e. The molecule has 10 heteroatoms. The third kappa shape index (κ3) is 3.80. The summed E-state index contributed by atoms with van der Waals surface area (Å²) in [4.78, 5) is 27.1. The molecule has 33 heavy (non-hydrogen) atoms. The molecule has 1 atom stereocenters. The van der Waals surface area contributed by atoms with Crippen molar-refractivity contribution in [3.05, 3.63) is 60.0 Å². The Bertz CT molecular complexity index is 1390. The number of aromatic nitrogens is 5. The van der Waals surface area contributed by atoms with E-state index in [4.69, 9.17) is 10.8 Å². The van der Waals surface area contributed by atoms with E-state index < -0.39 is 0 Å². The molecule has 0 aliphatic carbocycles. The maximum absolute atomic E-state index is 12.6. The number of nitrogens with two attached hydrogens (primary N) is 1. The van der Waals surface area contributed by atoms with Crippen LogP contribution in [0.15, 0.2) is 48.9 Å². The molecule has 1 amide bonds. The van der Waals surface area contributed by atoms with Gasteiger partial charge >= 0.3 is 0 Å². The van der Waals surface area contributed by atoms with Gasteiger partial charge in [-0.3, -0.25) is 4.79 Å². The number of anilines is 2. The van der Waals surface area contributed by atoms with Gasteiger partial charge in [0.15, 0.2) is 11.8 Å². The number of benzene rings is 1. The van der Waals surface area contributed by atoms with Crippen molar-refractivity contribution in [3.63, 3.8) is 0 Å². The van der Waals surface area contributed by atoms with Crippen LogP contribution in [-0.2, 0) is 0 Å². The number of carbonyl (C=O) groups excluding carboxylic acids is 1. The quantitative estimate of drug-likeness (QED) is 0.463. The summed E-state index contributed by atoms with van der Waals surface area (Å²) in [5.41, 5.74) is 9.78. The molecule has 0 saturated carbocycles. The average molecular weight is 439 g/mol. The van der Waals surface area contributed by atoms with Gasteiger partial charge < -0.3 is 16.0 Å². The van der Waals surface area contributed by atoms with Crippen molar-refractivity contribution in [2.75, 3.05) is 24.1 Å². The summed E-state index contributed by atoms with van der Waals surface area (Å²) in [6.45, 7) is 3.19. The fourth-order valence-corrected chi connectivity index (χ4v) is 4.06. The van der Waals surface area contributed by atoms with Crippen molar-refractivity contribution in [2.45, 2.75) is 19.4 Å². The zero-order valence-electron chi connectivity index (χ0n) is 17.9. The molecule has 1 aliphatic heterocycles. The first-order chi connectivity index (χ1) is 16.0. The Morgan fingerprint density at radius 2 is 2.03 bits per heavy atom. The van der Waals surface area contributed by atoms with E-state index >= 15 is 0 Å². The van der Waals surface area contributed by atoms with E-state index in [2.05, 4.69) is 26.5 Å². The minimum absolute atomic E-state index is 0.0158. The fraction of sp³-hybridized carbons (Fsp3) is 0.217. The molecular weight excluding hydrogens is 418 g/mol. The number of pyridine rings is 1. The van der Waals surface area contributed by atoms with E-state index in [0.29, 0.717) is 47.0 Å². The van der Waals surface area contributed by atoms with Crippen LogP contribution in [0.2, 0.25) is 0 Å². The largest absolute Gasteiger partial charge is 0.383 e. The first kappa shape index (κ1) is 20.4. The molecule has 1 aliphatic rings. The Morgan fingerprint density at radius 1 is 1.21 bits per heavy atom. The topological polar surface area (TPSA) is 139 Å². The maximum atomic E-state index is 12.6. The molecule has 1 saturated heterocycles. The van der Waals surface area contributed by atoms with Gasteiger partial charge in [-0.15, -0.1) is 0 Å². The van der Waals surface area contributed by atoms with Gasteiger partial charge in [0.1, 0.15) is 23.7 Å². The third-order valence-corrected chi connectivity index (χ3v) is 5.75. The molecule has 3 aromatic heterocycles. The highest BCUT2D eigenvalue weighted by Gasteiger charge is 2.28. The lowest BCUT2D eigenvalue weighted by atomic mass is 10.1. The summed E-state index contributed by atoms with van der Waals surface area (Å²) in [5, 5.41) is 17.5. The monoisotopic (exact) mass is 439 g/mol. The number of nitriles is 1. The summed E-state index contributed by atoms with van der Waals surface area (Å²) in [7, 11) is 0. The lowest BCUT2D eigenvalue weighted by molar-refractivity contribution is 0.102. The van der Waals surface area contributed by atoms with Gasteiger partial charge in [0, 0.05) is 23.9 Å². The van der Waals surface area contributed by atoms with Crippen molar-refractivity contribution in [1.82, 2.24) is 29.6 Å². The summed E-state index contributed by atoms with van der Waals surface area (Å²) in [5.74, 6) is 0.589. The number of hydrogen-bond donors (Lipinski definition) is 2. The van der Waals surface area contributed by atoms with Gasteiger partial charge in [0.05, 0.1) is 18.0 Å². The predicted molar refractivity (Wildman–Crippen MR) is 123 cm³/mol. The lowest BCUT2D eigenvalue weighted by Gasteiger charge is -2.11. The van der Waals surface area contributed by atoms with Gasteiger partial charge in [-0.05, 0) is 43.2 Å². The highest BCUT2D eigenvalue weighted by molar-refractivity contribution is 6.04. The van der Waals surface area contributed by atoms with Crippen molar-refractivity contribution in [2.24, 2.45) is 0 Å². The van der Waals surface area contributed by atoms with E-state index in [-0.39, 0.29) is 11.9 Å². The van der Waals surface area contributed by atoms with Crippen molar-refractivity contribution in [1.29, 1.82) is 5.26 Å². The third-order valence-electron chi connectivity index (χ3n) is 5.75. The van der Waals surface area contributed by atoms with Crippen LogP contribution in [0.25, 0.3) is 22.3 Å². The number of likely N-dealkylation sites (tertiary alicyclic amines) is 1. The van der Waals surface area contributed by atoms with Crippen LogP contribution in [0.1, 0.15) is 28.4 Å². The zero-order valence-corrected chi connectivity index (χ0v) is 17.9. The molecule has 0 radical (unpaired) electrons. The van der Waals surface area contributed by atoms with Gasteiger partial charge in [0.2, 0.25) is 0 Å². The van der Waals surface area contributed by atoms with E-state index in [1.54, 1.807) is 23.2 Å². The highest BCUT2D eigenvalue weighted by atomic mass is 16.1. The molecule has 10 nitrogen and oxygen atoms in total. The van der Waals surface area contributed by atoms with E-state index in [1.165, 1.54) is 6.33 Å². The minimum atomic E-state index is -0.250. The number of aryl methyl sites for hydroxylation is 1. The Labute approximate surface area is 189 Å². The average Bonchev–Trinajstić information content (AvgIpc) is 3.45. The molecule has 4 aromatic rings. The number of fused-ring (bicyclic) bond motifs is 1. The van der Waals surface area contributed by atoms with Gasteiger partial charge in [-0.25, -0.2) is 19.6 Å². The fourth-order valence-electron chi connectivity index (χ4n) is 4.06. The molecule has 0 unspecified atom stereocenters. The second kappa shape index (κ2) is 8.20. The number of nitrogen functional groups attached to an aromatic ring is 1. The molecule has 0 spiro atoms. The Morgan fingerprint density at radius 3 is 2.76 bits per heavy atom. The van der Waals surface area contributed by atoms with Crippen LogP contribution in [-0.4, -0.2) is 48.6 Å². The molecule has 4 heterocycles. The Kier molecular flexibility index (Phi) is 5.06. The summed E-state index contributed by atoms with van der Waals surface area (Å²) >= 11 is 0. The first-order valence-electron chi connectivity index (χ1n) is 10.5. The zero-order chi connectivity index (χ0) is 22.9. The molecular formula is C23H21N9O. The Hall–Kier alpha value is -4.52. The number of rotatable bonds is 4. The van der Waals surface area contributed by atoms with Crippen molar-refractivity contribution in [3.8, 4) is 17.5 Å². The Balaban J connectivity index is 1.47. The van der Waals surface area contributed by atoms with Crippen LogP contribution in [0.4, 0.5) is 11.6 Å².